The van der Waals surface area contributed by atoms with Gasteiger partial charge in [-0.25, -0.2) is 0 Å². The molecule has 0 bridgehead atoms. The Bertz CT molecular complexity index is 382. The minimum Gasteiger partial charge on any atom is -0.344 e. The Labute approximate surface area is 75.9 Å². The van der Waals surface area contributed by atoms with Crippen LogP contribution in [0.4, 0.5) is 0 Å². The van der Waals surface area contributed by atoms with Gasteiger partial charge in [0.25, 0.3) is 0 Å². The Morgan fingerprint density at radius 3 is 2.62 bits per heavy atom. The van der Waals surface area contributed by atoms with Gasteiger partial charge in [0.2, 0.25) is 0 Å². The summed E-state index contributed by atoms with van der Waals surface area (Å²) in [4.78, 5) is 2.72. The van der Waals surface area contributed by atoms with Crippen LogP contribution in [0.5, 0.6) is 0 Å². The van der Waals surface area contributed by atoms with Gasteiger partial charge in [0.15, 0.2) is 0 Å². The van der Waals surface area contributed by atoms with Crippen molar-refractivity contribution in [3.8, 4) is 12.1 Å². The molecule has 0 aliphatic carbocycles. The first-order valence-electron chi connectivity index (χ1n) is 3.84. The standard InChI is InChI=1S/C9H8N4/c1-2-7(12)8-3-6(4-10)9(5-11)13-8/h3,12-13H,2H2,1H3. The topological polar surface area (TPSA) is 87.2 Å². The molecule has 2 N–H and O–H groups in total. The average molecular weight is 172 g/mol. The lowest BCUT2D eigenvalue weighted by Gasteiger charge is -1.93. The van der Waals surface area contributed by atoms with Crippen molar-refractivity contribution < 1.29 is 0 Å². The minimum atomic E-state index is 0.232. The number of nitriles is 2. The third kappa shape index (κ3) is 1.57. The number of hydrogen-bond donors (Lipinski definition) is 2. The lowest BCUT2D eigenvalue weighted by atomic mass is 10.2. The Morgan fingerprint density at radius 1 is 1.54 bits per heavy atom. The van der Waals surface area contributed by atoms with Crippen molar-refractivity contribution in [3.05, 3.63) is 23.0 Å². The van der Waals surface area contributed by atoms with Crippen LogP contribution in [0.15, 0.2) is 6.07 Å². The van der Waals surface area contributed by atoms with Gasteiger partial charge in [-0.2, -0.15) is 10.5 Å². The molecule has 1 rings (SSSR count). The van der Waals surface area contributed by atoms with Crippen molar-refractivity contribution in [3.63, 3.8) is 0 Å². The first kappa shape index (κ1) is 9.02. The summed E-state index contributed by atoms with van der Waals surface area (Å²) in [7, 11) is 0. The van der Waals surface area contributed by atoms with Crippen molar-refractivity contribution in [2.75, 3.05) is 0 Å². The molecule has 4 heteroatoms. The summed E-state index contributed by atoms with van der Waals surface area (Å²) in [5.74, 6) is 0. The molecule has 4 nitrogen and oxygen atoms in total. The molecule has 0 fully saturated rings. The maximum absolute atomic E-state index is 8.63. The van der Waals surface area contributed by atoms with E-state index in [1.54, 1.807) is 0 Å². The van der Waals surface area contributed by atoms with Crippen LogP contribution < -0.4 is 0 Å². The van der Waals surface area contributed by atoms with Crippen LogP contribution in [0.25, 0.3) is 0 Å². The quantitative estimate of drug-likeness (QED) is 0.662. The van der Waals surface area contributed by atoms with E-state index in [4.69, 9.17) is 15.9 Å². The van der Waals surface area contributed by atoms with E-state index in [9.17, 15) is 0 Å². The molecule has 0 amide bonds. The number of aromatic nitrogens is 1. The van der Waals surface area contributed by atoms with Gasteiger partial charge in [-0.15, -0.1) is 0 Å². The second kappa shape index (κ2) is 3.55. The zero-order valence-corrected chi connectivity index (χ0v) is 7.18. The number of hydrogen-bond acceptors (Lipinski definition) is 3. The van der Waals surface area contributed by atoms with E-state index in [-0.39, 0.29) is 5.69 Å². The fourth-order valence-corrected chi connectivity index (χ4v) is 0.984. The highest BCUT2D eigenvalue weighted by Gasteiger charge is 2.08. The number of nitrogens with zero attached hydrogens (tertiary/aromatic N) is 2. The molecule has 1 heterocycles. The van der Waals surface area contributed by atoms with Crippen molar-refractivity contribution in [1.29, 1.82) is 15.9 Å². The molecule has 0 atom stereocenters. The van der Waals surface area contributed by atoms with Crippen LogP contribution >= 0.6 is 0 Å². The predicted octanol–water partition coefficient (Wildman–Crippen LogP) is 1.54. The number of rotatable bonds is 2. The summed E-state index contributed by atoms with van der Waals surface area (Å²) < 4.78 is 0. The Hall–Kier alpha value is -2.07. The van der Waals surface area contributed by atoms with Gasteiger partial charge >= 0.3 is 0 Å². The highest BCUT2D eigenvalue weighted by molar-refractivity contribution is 5.97. The van der Waals surface area contributed by atoms with E-state index in [0.717, 1.165) is 0 Å². The van der Waals surface area contributed by atoms with Gasteiger partial charge in [-0.3, -0.25) is 0 Å². The van der Waals surface area contributed by atoms with Gasteiger partial charge in [-0.1, -0.05) is 6.92 Å². The number of aromatic amines is 1. The summed E-state index contributed by atoms with van der Waals surface area (Å²) in [6.07, 6.45) is 0.580. The minimum absolute atomic E-state index is 0.232. The van der Waals surface area contributed by atoms with E-state index in [0.29, 0.717) is 23.4 Å². The molecule has 1 aromatic heterocycles. The smallest absolute Gasteiger partial charge is 0.136 e. The average Bonchev–Trinajstić information content (AvgIpc) is 2.59. The highest BCUT2D eigenvalue weighted by Crippen LogP contribution is 2.10. The molecule has 0 saturated heterocycles. The van der Waals surface area contributed by atoms with Crippen LogP contribution in [0, 0.1) is 28.1 Å². The third-order valence-corrected chi connectivity index (χ3v) is 1.73. The summed E-state index contributed by atoms with van der Waals surface area (Å²) in [5.41, 5.74) is 1.49. The van der Waals surface area contributed by atoms with Gasteiger partial charge in [0.1, 0.15) is 17.8 Å². The second-order valence-electron chi connectivity index (χ2n) is 2.53. The molecule has 0 aliphatic heterocycles. The maximum Gasteiger partial charge on any atom is 0.136 e. The lowest BCUT2D eigenvalue weighted by molar-refractivity contribution is 1.20. The van der Waals surface area contributed by atoms with E-state index in [1.165, 1.54) is 6.07 Å². The van der Waals surface area contributed by atoms with E-state index in [2.05, 4.69) is 4.98 Å². The van der Waals surface area contributed by atoms with E-state index in [1.807, 2.05) is 19.1 Å². The van der Waals surface area contributed by atoms with Gasteiger partial charge in [0, 0.05) is 0 Å². The SMILES string of the molecule is CCC(=N)c1cc(C#N)c(C#N)[nH]1. The normalized spacial score (nSPS) is 8.85. The van der Waals surface area contributed by atoms with Crippen molar-refractivity contribution >= 4 is 5.71 Å². The number of H-pyrrole nitrogens is 1. The van der Waals surface area contributed by atoms with Gasteiger partial charge in [0.05, 0.1) is 17.0 Å². The molecule has 0 unspecified atom stereocenters. The molecule has 0 spiro atoms. The number of nitrogens with one attached hydrogen (secondary N) is 2. The molecule has 0 saturated carbocycles. The van der Waals surface area contributed by atoms with E-state index >= 15 is 0 Å². The molecule has 64 valence electrons. The van der Waals surface area contributed by atoms with Crippen LogP contribution in [0.1, 0.15) is 30.3 Å². The fraction of sp³-hybridized carbons (Fsp3) is 0.222. The zero-order chi connectivity index (χ0) is 9.84. The van der Waals surface area contributed by atoms with Crippen molar-refractivity contribution in [1.82, 2.24) is 4.98 Å². The molecule has 0 aliphatic rings. The Morgan fingerprint density at radius 2 is 2.23 bits per heavy atom. The molecular weight excluding hydrogens is 164 g/mol. The third-order valence-electron chi connectivity index (χ3n) is 1.73. The molecule has 13 heavy (non-hydrogen) atoms. The molecular formula is C9H8N4. The molecule has 0 aromatic carbocycles. The summed E-state index contributed by atoms with van der Waals surface area (Å²) in [6, 6.07) is 5.30. The summed E-state index contributed by atoms with van der Waals surface area (Å²) in [6.45, 7) is 1.85. The zero-order valence-electron chi connectivity index (χ0n) is 7.18. The molecule has 0 radical (unpaired) electrons. The van der Waals surface area contributed by atoms with E-state index < -0.39 is 0 Å². The first-order valence-corrected chi connectivity index (χ1v) is 3.84. The summed E-state index contributed by atoms with van der Waals surface area (Å²) >= 11 is 0. The monoisotopic (exact) mass is 172 g/mol. The largest absolute Gasteiger partial charge is 0.344 e. The van der Waals surface area contributed by atoms with Gasteiger partial charge in [-0.05, 0) is 12.5 Å². The Kier molecular flexibility index (Phi) is 2.47. The second-order valence-corrected chi connectivity index (χ2v) is 2.53. The van der Waals surface area contributed by atoms with Crippen LogP contribution in [0.2, 0.25) is 0 Å². The predicted molar refractivity (Wildman–Crippen MR) is 47.3 cm³/mol. The fourth-order valence-electron chi connectivity index (χ4n) is 0.984. The highest BCUT2D eigenvalue weighted by atomic mass is 14.7. The Balaban J connectivity index is 3.18. The maximum atomic E-state index is 8.63. The molecule has 1 aromatic rings. The van der Waals surface area contributed by atoms with Crippen LogP contribution in [-0.2, 0) is 0 Å². The lowest BCUT2D eigenvalue weighted by Crippen LogP contribution is -1.96. The van der Waals surface area contributed by atoms with Crippen molar-refractivity contribution in [2.24, 2.45) is 0 Å². The van der Waals surface area contributed by atoms with Crippen LogP contribution in [0.3, 0.4) is 0 Å². The van der Waals surface area contributed by atoms with Crippen molar-refractivity contribution in [2.45, 2.75) is 13.3 Å². The van der Waals surface area contributed by atoms with Crippen LogP contribution in [-0.4, -0.2) is 10.7 Å². The van der Waals surface area contributed by atoms with Gasteiger partial charge < -0.3 is 10.4 Å². The summed E-state index contributed by atoms with van der Waals surface area (Å²) in [5, 5.41) is 24.7. The first-order chi connectivity index (χ1) is 6.22.